The fourth-order valence-electron chi connectivity index (χ4n) is 0.373. The Morgan fingerprint density at radius 1 is 1.92 bits per heavy atom. The van der Waals surface area contributed by atoms with Crippen LogP contribution in [0.1, 0.15) is 6.92 Å². The molecule has 0 heterocycles. The van der Waals surface area contributed by atoms with Crippen LogP contribution in [0.4, 0.5) is 0 Å². The summed E-state index contributed by atoms with van der Waals surface area (Å²) in [6, 6.07) is 1.20. The Balaban J connectivity index is 4.34. The molecular weight excluding hydrogens is 160 g/mol. The Morgan fingerprint density at radius 2 is 2.50 bits per heavy atom. The standard InChI is InChI=1S/C6H8N4O2/c1-5(2-7)9-4-6(3-8)10(11)12/h3-5H,8H2,1H3. The number of nitriles is 1. The van der Waals surface area contributed by atoms with Crippen molar-refractivity contribution in [2.24, 2.45) is 10.7 Å². The van der Waals surface area contributed by atoms with Crippen LogP contribution in [0.15, 0.2) is 16.9 Å². The van der Waals surface area contributed by atoms with Gasteiger partial charge in [0, 0.05) is 0 Å². The number of hydrogen-bond acceptors (Lipinski definition) is 5. The monoisotopic (exact) mass is 168 g/mol. The smallest absolute Gasteiger partial charge is 0.302 e. The minimum atomic E-state index is -0.673. The summed E-state index contributed by atoms with van der Waals surface area (Å²) in [6.07, 6.45) is 1.79. The second kappa shape index (κ2) is 4.85. The molecule has 2 N–H and O–H groups in total. The topological polar surface area (TPSA) is 105 Å². The lowest BCUT2D eigenvalue weighted by molar-refractivity contribution is -0.414. The second-order valence-corrected chi connectivity index (χ2v) is 1.93. The number of rotatable bonds is 3. The van der Waals surface area contributed by atoms with Gasteiger partial charge < -0.3 is 5.73 Å². The molecule has 0 aliphatic carbocycles. The molecule has 0 bridgehead atoms. The molecule has 1 atom stereocenters. The molecule has 1 unspecified atom stereocenters. The zero-order valence-corrected chi connectivity index (χ0v) is 6.47. The maximum atomic E-state index is 10.1. The summed E-state index contributed by atoms with van der Waals surface area (Å²) in [6.45, 7) is 1.52. The second-order valence-electron chi connectivity index (χ2n) is 1.93. The normalized spacial score (nSPS) is 14.2. The number of nitro groups is 1. The van der Waals surface area contributed by atoms with Crippen LogP contribution in [0.25, 0.3) is 0 Å². The third-order valence-electron chi connectivity index (χ3n) is 0.999. The van der Waals surface area contributed by atoms with E-state index in [9.17, 15) is 10.1 Å². The van der Waals surface area contributed by atoms with Crippen LogP contribution in [-0.2, 0) is 0 Å². The van der Waals surface area contributed by atoms with E-state index in [-0.39, 0.29) is 5.70 Å². The molecule has 0 radical (unpaired) electrons. The Labute approximate surface area is 69.2 Å². The minimum absolute atomic E-state index is 0.322. The molecule has 6 nitrogen and oxygen atoms in total. The fraction of sp³-hybridized carbons (Fsp3) is 0.333. The maximum absolute atomic E-state index is 10.1. The molecule has 0 saturated heterocycles. The van der Waals surface area contributed by atoms with Gasteiger partial charge in [0.2, 0.25) is 0 Å². The molecule has 0 rings (SSSR count). The summed E-state index contributed by atoms with van der Waals surface area (Å²) in [5, 5.41) is 18.4. The van der Waals surface area contributed by atoms with Crippen LogP contribution < -0.4 is 5.73 Å². The largest absolute Gasteiger partial charge is 0.399 e. The molecule has 0 aromatic rings. The van der Waals surface area contributed by atoms with Gasteiger partial charge in [0.25, 0.3) is 0 Å². The van der Waals surface area contributed by atoms with Crippen LogP contribution in [0, 0.1) is 21.4 Å². The number of hydrogen-bond donors (Lipinski definition) is 1. The van der Waals surface area contributed by atoms with Gasteiger partial charge in [-0.15, -0.1) is 0 Å². The van der Waals surface area contributed by atoms with Gasteiger partial charge in [-0.2, -0.15) is 5.26 Å². The van der Waals surface area contributed by atoms with Gasteiger partial charge in [-0.1, -0.05) is 0 Å². The molecular formula is C6H8N4O2. The van der Waals surface area contributed by atoms with Crippen LogP contribution >= 0.6 is 0 Å². The van der Waals surface area contributed by atoms with Crippen molar-refractivity contribution in [1.29, 1.82) is 5.26 Å². The molecule has 0 amide bonds. The zero-order chi connectivity index (χ0) is 9.56. The van der Waals surface area contributed by atoms with E-state index in [2.05, 4.69) is 4.99 Å². The van der Waals surface area contributed by atoms with Crippen molar-refractivity contribution in [1.82, 2.24) is 0 Å². The maximum Gasteiger partial charge on any atom is 0.302 e. The Morgan fingerprint density at radius 3 is 2.83 bits per heavy atom. The van der Waals surface area contributed by atoms with Crippen LogP contribution in [-0.4, -0.2) is 17.2 Å². The van der Waals surface area contributed by atoms with E-state index in [4.69, 9.17) is 11.0 Å². The van der Waals surface area contributed by atoms with E-state index >= 15 is 0 Å². The average molecular weight is 168 g/mol. The lowest BCUT2D eigenvalue weighted by Gasteiger charge is -1.90. The van der Waals surface area contributed by atoms with Crippen molar-refractivity contribution >= 4 is 6.21 Å². The first-order valence-corrected chi connectivity index (χ1v) is 3.11. The Kier molecular flexibility index (Phi) is 4.08. The first kappa shape index (κ1) is 10.1. The number of nitrogens with two attached hydrogens (primary N) is 1. The van der Waals surface area contributed by atoms with E-state index in [0.717, 1.165) is 12.4 Å². The van der Waals surface area contributed by atoms with Gasteiger partial charge >= 0.3 is 5.70 Å². The molecule has 0 aromatic heterocycles. The highest BCUT2D eigenvalue weighted by molar-refractivity contribution is 5.75. The van der Waals surface area contributed by atoms with Crippen molar-refractivity contribution in [3.05, 3.63) is 22.0 Å². The van der Waals surface area contributed by atoms with Crippen LogP contribution in [0.5, 0.6) is 0 Å². The fourth-order valence-corrected chi connectivity index (χ4v) is 0.373. The van der Waals surface area contributed by atoms with Gasteiger partial charge in [-0.05, 0) is 6.92 Å². The lowest BCUT2D eigenvalue weighted by atomic mass is 10.4. The molecule has 0 aliphatic rings. The highest BCUT2D eigenvalue weighted by Gasteiger charge is 2.05. The number of nitrogens with zero attached hydrogens (tertiary/aromatic N) is 3. The van der Waals surface area contributed by atoms with Crippen LogP contribution in [0.3, 0.4) is 0 Å². The predicted molar refractivity (Wildman–Crippen MR) is 42.8 cm³/mol. The van der Waals surface area contributed by atoms with E-state index in [1.54, 1.807) is 6.07 Å². The highest BCUT2D eigenvalue weighted by atomic mass is 16.6. The molecule has 0 aliphatic heterocycles. The average Bonchev–Trinajstić information content (AvgIpc) is 2.04. The van der Waals surface area contributed by atoms with E-state index in [0.29, 0.717) is 0 Å². The first-order chi connectivity index (χ1) is 5.61. The third kappa shape index (κ3) is 3.31. The molecule has 0 fully saturated rings. The van der Waals surface area contributed by atoms with E-state index in [1.807, 2.05) is 0 Å². The summed E-state index contributed by atoms with van der Waals surface area (Å²) in [4.78, 5) is 13.0. The molecule has 0 aromatic carbocycles. The molecule has 6 heteroatoms. The van der Waals surface area contributed by atoms with E-state index in [1.165, 1.54) is 6.92 Å². The predicted octanol–water partition coefficient (Wildman–Crippen LogP) is 0.0461. The molecule has 64 valence electrons. The van der Waals surface area contributed by atoms with E-state index < -0.39 is 11.0 Å². The van der Waals surface area contributed by atoms with Crippen molar-refractivity contribution in [3.8, 4) is 6.07 Å². The van der Waals surface area contributed by atoms with Crippen molar-refractivity contribution in [3.63, 3.8) is 0 Å². The summed E-state index contributed by atoms with van der Waals surface area (Å²) in [5.74, 6) is 0. The van der Waals surface area contributed by atoms with Gasteiger partial charge in [-0.25, -0.2) is 0 Å². The summed E-state index contributed by atoms with van der Waals surface area (Å²) in [7, 11) is 0. The van der Waals surface area contributed by atoms with Gasteiger partial charge in [0.05, 0.1) is 17.2 Å². The van der Waals surface area contributed by atoms with Gasteiger partial charge in [-0.3, -0.25) is 15.1 Å². The van der Waals surface area contributed by atoms with Gasteiger partial charge in [0.1, 0.15) is 12.3 Å². The van der Waals surface area contributed by atoms with Crippen molar-refractivity contribution in [2.75, 3.05) is 0 Å². The summed E-state index contributed by atoms with van der Waals surface area (Å²) < 4.78 is 0. The highest BCUT2D eigenvalue weighted by Crippen LogP contribution is 1.91. The van der Waals surface area contributed by atoms with Crippen molar-refractivity contribution < 1.29 is 4.92 Å². The van der Waals surface area contributed by atoms with Crippen LogP contribution in [0.2, 0.25) is 0 Å². The first-order valence-electron chi connectivity index (χ1n) is 3.11. The third-order valence-corrected chi connectivity index (χ3v) is 0.999. The number of aliphatic imine (C=N–C) groups is 1. The molecule has 0 saturated carbocycles. The number of allylic oxidation sites excluding steroid dienone is 1. The molecule has 0 spiro atoms. The lowest BCUT2D eigenvalue weighted by Crippen LogP contribution is -2.04. The zero-order valence-electron chi connectivity index (χ0n) is 6.47. The molecule has 12 heavy (non-hydrogen) atoms. The van der Waals surface area contributed by atoms with Gasteiger partial charge in [0.15, 0.2) is 0 Å². The minimum Gasteiger partial charge on any atom is -0.399 e. The summed E-state index contributed by atoms with van der Waals surface area (Å²) in [5.41, 5.74) is 4.60. The quantitative estimate of drug-likeness (QED) is 0.365. The SMILES string of the molecule is CC(C#N)N=CC(=CN)[N+](=O)[O-]. The Bertz CT molecular complexity index is 263. The summed E-state index contributed by atoms with van der Waals surface area (Å²) >= 11 is 0. The Hall–Kier alpha value is -1.90. The van der Waals surface area contributed by atoms with Crippen molar-refractivity contribution in [2.45, 2.75) is 13.0 Å².